The summed E-state index contributed by atoms with van der Waals surface area (Å²) in [6.07, 6.45) is 4.88. The molecule has 174 valence electrons. The highest BCUT2D eigenvalue weighted by Crippen LogP contribution is 2.40. The van der Waals surface area contributed by atoms with Crippen molar-refractivity contribution in [2.75, 3.05) is 13.1 Å². The molecule has 0 bridgehead atoms. The van der Waals surface area contributed by atoms with Crippen molar-refractivity contribution in [2.45, 2.75) is 57.7 Å². The van der Waals surface area contributed by atoms with Crippen LogP contribution in [0.4, 0.5) is 0 Å². The molecule has 2 aromatic rings. The molecule has 2 aliphatic rings. The third kappa shape index (κ3) is 5.27. The molecule has 1 aliphatic carbocycles. The van der Waals surface area contributed by atoms with Gasteiger partial charge in [-0.25, -0.2) is 0 Å². The molecule has 4 rings (SSSR count). The van der Waals surface area contributed by atoms with Gasteiger partial charge in [0.1, 0.15) is 6.04 Å². The lowest BCUT2D eigenvalue weighted by molar-refractivity contribution is -0.134. The molecule has 0 spiro atoms. The zero-order chi connectivity index (χ0) is 23.2. The van der Waals surface area contributed by atoms with Gasteiger partial charge in [-0.3, -0.25) is 14.4 Å². The van der Waals surface area contributed by atoms with Crippen LogP contribution in [-0.2, 0) is 16.1 Å². The zero-order valence-corrected chi connectivity index (χ0v) is 19.3. The number of likely N-dealkylation sites (tertiary alicyclic amines) is 1. The van der Waals surface area contributed by atoms with Crippen molar-refractivity contribution < 1.29 is 14.4 Å². The Kier molecular flexibility index (Phi) is 7.43. The van der Waals surface area contributed by atoms with Gasteiger partial charge in [0, 0.05) is 24.7 Å². The summed E-state index contributed by atoms with van der Waals surface area (Å²) in [5, 5.41) is 2.85. The fourth-order valence-electron chi connectivity index (χ4n) is 5.29. The van der Waals surface area contributed by atoms with Gasteiger partial charge in [0.25, 0.3) is 5.91 Å². The lowest BCUT2D eigenvalue weighted by Crippen LogP contribution is -2.51. The maximum Gasteiger partial charge on any atom is 0.254 e. The number of rotatable bonds is 7. The van der Waals surface area contributed by atoms with Crippen LogP contribution < -0.4 is 5.32 Å². The zero-order valence-electron chi connectivity index (χ0n) is 19.3. The minimum atomic E-state index is -0.525. The number of carbonyl (C=O) groups is 3. The Balaban J connectivity index is 1.43. The summed E-state index contributed by atoms with van der Waals surface area (Å²) in [6.45, 7) is 2.96. The lowest BCUT2D eigenvalue weighted by Gasteiger charge is -2.33. The molecule has 33 heavy (non-hydrogen) atoms. The highest BCUT2D eigenvalue weighted by molar-refractivity contribution is 5.98. The topological polar surface area (TPSA) is 69.7 Å². The lowest BCUT2D eigenvalue weighted by atomic mass is 9.84. The predicted octanol–water partition coefficient (Wildman–Crippen LogP) is 3.62. The molecule has 2 aromatic carbocycles. The van der Waals surface area contributed by atoms with Crippen LogP contribution >= 0.6 is 0 Å². The quantitative estimate of drug-likeness (QED) is 0.705. The Bertz CT molecular complexity index is 963. The first-order chi connectivity index (χ1) is 16.1. The Hall–Kier alpha value is -3.15. The van der Waals surface area contributed by atoms with Crippen molar-refractivity contribution in [3.63, 3.8) is 0 Å². The highest BCUT2D eigenvalue weighted by Gasteiger charge is 2.47. The van der Waals surface area contributed by atoms with Crippen molar-refractivity contribution in [3.8, 4) is 0 Å². The van der Waals surface area contributed by atoms with Gasteiger partial charge in [-0.1, -0.05) is 61.4 Å². The SMILES string of the molecule is CCN(Cc1ccccc1)C(=O)CNC(=O)C1CC2CCCCC2N1C(=O)c1ccccc1. The van der Waals surface area contributed by atoms with Crippen molar-refractivity contribution >= 4 is 17.7 Å². The molecule has 0 radical (unpaired) electrons. The van der Waals surface area contributed by atoms with Crippen molar-refractivity contribution in [2.24, 2.45) is 5.92 Å². The van der Waals surface area contributed by atoms with Crippen LogP contribution in [0.5, 0.6) is 0 Å². The summed E-state index contributed by atoms with van der Waals surface area (Å²) >= 11 is 0. The second-order valence-corrected chi connectivity index (χ2v) is 9.05. The maximum atomic E-state index is 13.4. The average molecular weight is 448 g/mol. The second kappa shape index (κ2) is 10.6. The van der Waals surface area contributed by atoms with Crippen molar-refractivity contribution in [3.05, 3.63) is 71.8 Å². The minimum Gasteiger partial charge on any atom is -0.345 e. The van der Waals surface area contributed by atoms with Gasteiger partial charge >= 0.3 is 0 Å². The van der Waals surface area contributed by atoms with E-state index >= 15 is 0 Å². The molecule has 2 fully saturated rings. The second-order valence-electron chi connectivity index (χ2n) is 9.05. The molecule has 3 atom stereocenters. The first kappa shape index (κ1) is 23.0. The number of benzene rings is 2. The van der Waals surface area contributed by atoms with E-state index in [-0.39, 0.29) is 30.3 Å². The molecular weight excluding hydrogens is 414 g/mol. The minimum absolute atomic E-state index is 0.0568. The van der Waals surface area contributed by atoms with E-state index in [0.717, 1.165) is 31.2 Å². The van der Waals surface area contributed by atoms with Crippen LogP contribution in [-0.4, -0.2) is 52.7 Å². The number of hydrogen-bond donors (Lipinski definition) is 1. The summed E-state index contributed by atoms with van der Waals surface area (Å²) < 4.78 is 0. The van der Waals surface area contributed by atoms with Crippen LogP contribution in [0.25, 0.3) is 0 Å². The average Bonchev–Trinajstić information content (AvgIpc) is 3.26. The van der Waals surface area contributed by atoms with E-state index in [9.17, 15) is 14.4 Å². The number of amides is 3. The number of nitrogens with zero attached hydrogens (tertiary/aromatic N) is 2. The molecule has 6 nitrogen and oxygen atoms in total. The van der Waals surface area contributed by atoms with Gasteiger partial charge in [-0.2, -0.15) is 0 Å². The third-order valence-electron chi connectivity index (χ3n) is 7.01. The molecule has 1 heterocycles. The fourth-order valence-corrected chi connectivity index (χ4v) is 5.29. The Labute approximate surface area is 196 Å². The van der Waals surface area contributed by atoms with E-state index in [1.807, 2.05) is 55.5 Å². The molecule has 6 heteroatoms. The van der Waals surface area contributed by atoms with Gasteiger partial charge in [0.05, 0.1) is 6.54 Å². The Morgan fingerprint density at radius 2 is 1.64 bits per heavy atom. The Morgan fingerprint density at radius 1 is 0.970 bits per heavy atom. The van der Waals surface area contributed by atoms with Gasteiger partial charge in [0.15, 0.2) is 0 Å². The summed E-state index contributed by atoms with van der Waals surface area (Å²) in [4.78, 5) is 43.0. The number of hydrogen-bond acceptors (Lipinski definition) is 3. The maximum absolute atomic E-state index is 13.4. The van der Waals surface area contributed by atoms with E-state index in [1.165, 1.54) is 0 Å². The van der Waals surface area contributed by atoms with Crippen LogP contribution in [0.1, 0.15) is 54.9 Å². The number of likely N-dealkylation sites (N-methyl/N-ethyl adjacent to an activating group) is 1. The summed E-state index contributed by atoms with van der Waals surface area (Å²) in [6, 6.07) is 18.6. The Morgan fingerprint density at radius 3 is 2.33 bits per heavy atom. The smallest absolute Gasteiger partial charge is 0.254 e. The van der Waals surface area contributed by atoms with Gasteiger partial charge in [0.2, 0.25) is 11.8 Å². The van der Waals surface area contributed by atoms with Gasteiger partial charge in [-0.05, 0) is 49.8 Å². The molecule has 0 aromatic heterocycles. The van der Waals surface area contributed by atoms with E-state index < -0.39 is 6.04 Å². The molecule has 1 N–H and O–H groups in total. The fraction of sp³-hybridized carbons (Fsp3) is 0.444. The van der Waals surface area contributed by atoms with E-state index in [0.29, 0.717) is 31.0 Å². The first-order valence-corrected chi connectivity index (χ1v) is 12.1. The number of carbonyl (C=O) groups excluding carboxylic acids is 3. The molecule has 1 saturated heterocycles. The molecular formula is C27H33N3O3. The predicted molar refractivity (Wildman–Crippen MR) is 127 cm³/mol. The molecule has 1 saturated carbocycles. The van der Waals surface area contributed by atoms with Crippen LogP contribution in [0.2, 0.25) is 0 Å². The molecule has 3 unspecified atom stereocenters. The normalized spacial score (nSPS) is 21.8. The highest BCUT2D eigenvalue weighted by atomic mass is 16.2. The number of fused-ring (bicyclic) bond motifs is 1. The first-order valence-electron chi connectivity index (χ1n) is 12.1. The van der Waals surface area contributed by atoms with E-state index in [1.54, 1.807) is 21.9 Å². The standard InChI is InChI=1S/C27H33N3O3/c1-2-29(19-20-11-5-3-6-12-20)25(31)18-28-26(32)24-17-22-15-9-10-16-23(22)30(24)27(33)21-13-7-4-8-14-21/h3-8,11-14,22-24H,2,9-10,15-19H2,1H3,(H,28,32). The molecule has 1 aliphatic heterocycles. The monoisotopic (exact) mass is 447 g/mol. The summed E-state index contributed by atoms with van der Waals surface area (Å²) in [7, 11) is 0. The summed E-state index contributed by atoms with van der Waals surface area (Å²) in [5.41, 5.74) is 1.66. The largest absolute Gasteiger partial charge is 0.345 e. The molecule has 3 amide bonds. The van der Waals surface area contributed by atoms with Crippen molar-refractivity contribution in [1.29, 1.82) is 0 Å². The van der Waals surface area contributed by atoms with Crippen LogP contribution in [0.15, 0.2) is 60.7 Å². The number of nitrogens with one attached hydrogen (secondary N) is 1. The van der Waals surface area contributed by atoms with Gasteiger partial charge < -0.3 is 15.1 Å². The van der Waals surface area contributed by atoms with Crippen LogP contribution in [0.3, 0.4) is 0 Å². The van der Waals surface area contributed by atoms with Gasteiger partial charge in [-0.15, -0.1) is 0 Å². The van der Waals surface area contributed by atoms with E-state index in [2.05, 4.69) is 5.32 Å². The van der Waals surface area contributed by atoms with Crippen molar-refractivity contribution in [1.82, 2.24) is 15.1 Å². The van der Waals surface area contributed by atoms with Crippen LogP contribution in [0, 0.1) is 5.92 Å². The summed E-state index contributed by atoms with van der Waals surface area (Å²) in [5.74, 6) is -0.0809. The van der Waals surface area contributed by atoms with E-state index in [4.69, 9.17) is 0 Å². The third-order valence-corrected chi connectivity index (χ3v) is 7.01.